The zero-order chi connectivity index (χ0) is 16.5. The van der Waals surface area contributed by atoms with Crippen LogP contribution >= 0.6 is 0 Å². The first kappa shape index (κ1) is 17.7. The number of carbonyl (C=O) groups is 1. The van der Waals surface area contributed by atoms with E-state index < -0.39 is 11.7 Å². The highest BCUT2D eigenvalue weighted by Crippen LogP contribution is 2.34. The van der Waals surface area contributed by atoms with Gasteiger partial charge in [-0.2, -0.15) is 0 Å². The number of ether oxygens (including phenoxy) is 1. The van der Waals surface area contributed by atoms with Crippen LogP contribution in [0, 0.1) is 13.1 Å². The normalized spacial score (nSPS) is 22.5. The van der Waals surface area contributed by atoms with Crippen molar-refractivity contribution in [3.8, 4) is 0 Å². The van der Waals surface area contributed by atoms with Crippen LogP contribution in [0.2, 0.25) is 0 Å². The maximum absolute atomic E-state index is 13.0. The maximum atomic E-state index is 13.0. The summed E-state index contributed by atoms with van der Waals surface area (Å²) in [7, 11) is 0. The molecule has 0 aromatic heterocycles. The number of morpholine rings is 1. The molecule has 1 aliphatic heterocycles. The summed E-state index contributed by atoms with van der Waals surface area (Å²) in [4.78, 5) is 22.1. The minimum absolute atomic E-state index is 0.00270. The van der Waals surface area contributed by atoms with Gasteiger partial charge in [0.1, 0.15) is 5.54 Å². The van der Waals surface area contributed by atoms with E-state index in [2.05, 4.69) is 19.9 Å². The molecule has 0 aromatic rings. The molecule has 1 N–H and O–H groups in total. The fraction of sp³-hybridized carbons (Fsp3) is 0.824. The topological polar surface area (TPSA) is 50.3 Å². The maximum Gasteiger partial charge on any atom is 0.298 e. The van der Waals surface area contributed by atoms with Crippen LogP contribution in [0.5, 0.6) is 0 Å². The first-order valence-corrected chi connectivity index (χ1v) is 8.56. The second-order valence-electron chi connectivity index (χ2n) is 6.33. The number of nitrogens with one attached hydrogen (secondary N) is 1. The SMILES string of the molecule is [C-]#[N+]CCCC([N+]#[C-])NC(=O)C1(N2CCOCC2)CCCCC1. The Labute approximate surface area is 138 Å². The van der Waals surface area contributed by atoms with Crippen molar-refractivity contribution in [2.75, 3.05) is 32.8 Å². The lowest BCUT2D eigenvalue weighted by Crippen LogP contribution is -2.63. The number of hydrogen-bond acceptors (Lipinski definition) is 3. The Bertz CT molecular complexity index is 468. The zero-order valence-electron chi connectivity index (χ0n) is 13.7. The van der Waals surface area contributed by atoms with Crippen LogP contribution in [0.15, 0.2) is 0 Å². The molecule has 2 aliphatic rings. The molecule has 126 valence electrons. The fourth-order valence-electron chi connectivity index (χ4n) is 3.63. The number of rotatable bonds is 6. The first-order chi connectivity index (χ1) is 11.2. The van der Waals surface area contributed by atoms with Crippen molar-refractivity contribution < 1.29 is 9.53 Å². The molecule has 1 saturated heterocycles. The van der Waals surface area contributed by atoms with Crippen molar-refractivity contribution in [1.82, 2.24) is 10.2 Å². The molecule has 1 atom stereocenters. The molecule has 0 spiro atoms. The van der Waals surface area contributed by atoms with Crippen LogP contribution in [0.25, 0.3) is 9.69 Å². The summed E-state index contributed by atoms with van der Waals surface area (Å²) in [5, 5.41) is 2.95. The molecular weight excluding hydrogens is 292 g/mol. The van der Waals surface area contributed by atoms with Crippen LogP contribution in [-0.4, -0.2) is 55.4 Å². The smallest absolute Gasteiger partial charge is 0.298 e. The highest BCUT2D eigenvalue weighted by atomic mass is 16.5. The molecule has 6 heteroatoms. The van der Waals surface area contributed by atoms with Gasteiger partial charge in [0, 0.05) is 19.5 Å². The minimum Gasteiger partial charge on any atom is -0.379 e. The molecule has 6 nitrogen and oxygen atoms in total. The lowest BCUT2D eigenvalue weighted by atomic mass is 9.79. The Morgan fingerprint density at radius 1 is 1.22 bits per heavy atom. The van der Waals surface area contributed by atoms with E-state index in [-0.39, 0.29) is 5.91 Å². The second-order valence-corrected chi connectivity index (χ2v) is 6.33. The van der Waals surface area contributed by atoms with Crippen molar-refractivity contribution in [2.45, 2.75) is 56.7 Å². The lowest BCUT2D eigenvalue weighted by molar-refractivity contribution is -0.140. The van der Waals surface area contributed by atoms with E-state index in [1.54, 1.807) is 0 Å². The molecule has 1 amide bonds. The van der Waals surface area contributed by atoms with E-state index in [9.17, 15) is 4.79 Å². The molecule has 2 rings (SSSR count). The van der Waals surface area contributed by atoms with Crippen LogP contribution in [0.4, 0.5) is 0 Å². The summed E-state index contributed by atoms with van der Waals surface area (Å²) in [6.07, 6.45) is 5.73. The fourth-order valence-corrected chi connectivity index (χ4v) is 3.63. The van der Waals surface area contributed by atoms with Gasteiger partial charge < -0.3 is 9.58 Å². The summed E-state index contributed by atoms with van der Waals surface area (Å²) in [6.45, 7) is 17.5. The number of hydrogen-bond donors (Lipinski definition) is 1. The quantitative estimate of drug-likeness (QED) is 0.602. The number of amides is 1. The Morgan fingerprint density at radius 3 is 2.52 bits per heavy atom. The Balaban J connectivity index is 2.04. The number of carbonyl (C=O) groups excluding carboxylic acids is 1. The average molecular weight is 318 g/mol. The Morgan fingerprint density at radius 2 is 1.91 bits per heavy atom. The standard InChI is InChI=1S/C17H26N4O2/c1-18-10-6-7-15(19-2)20-16(22)17(8-4-3-5-9-17)21-11-13-23-14-12-21/h15H,3-14H2,(H,20,22). The van der Waals surface area contributed by atoms with E-state index in [1.807, 2.05) is 0 Å². The monoisotopic (exact) mass is 318 g/mol. The predicted octanol–water partition coefficient (Wildman–Crippen LogP) is 2.08. The molecule has 0 aromatic carbocycles. The summed E-state index contributed by atoms with van der Waals surface area (Å²) in [5.41, 5.74) is -0.467. The van der Waals surface area contributed by atoms with E-state index in [4.69, 9.17) is 17.9 Å². The van der Waals surface area contributed by atoms with Gasteiger partial charge in [-0.1, -0.05) is 19.3 Å². The third kappa shape index (κ3) is 4.43. The largest absolute Gasteiger partial charge is 0.379 e. The van der Waals surface area contributed by atoms with E-state index in [1.165, 1.54) is 6.42 Å². The Hall–Kier alpha value is -1.63. The molecule has 23 heavy (non-hydrogen) atoms. The van der Waals surface area contributed by atoms with Crippen LogP contribution < -0.4 is 5.32 Å². The Kier molecular flexibility index (Phi) is 6.83. The molecule has 1 heterocycles. The van der Waals surface area contributed by atoms with Gasteiger partial charge in [-0.3, -0.25) is 19.9 Å². The summed E-state index contributed by atoms with van der Waals surface area (Å²) in [6, 6.07) is 0. The first-order valence-electron chi connectivity index (χ1n) is 8.56. The van der Waals surface area contributed by atoms with Gasteiger partial charge in [0.05, 0.1) is 19.6 Å². The van der Waals surface area contributed by atoms with Crippen LogP contribution in [0.3, 0.4) is 0 Å². The third-order valence-corrected chi connectivity index (χ3v) is 4.92. The van der Waals surface area contributed by atoms with E-state index >= 15 is 0 Å². The van der Waals surface area contributed by atoms with Gasteiger partial charge >= 0.3 is 0 Å². The third-order valence-electron chi connectivity index (χ3n) is 4.92. The summed E-state index contributed by atoms with van der Waals surface area (Å²) < 4.78 is 5.43. The molecule has 1 saturated carbocycles. The highest BCUT2D eigenvalue weighted by molar-refractivity contribution is 5.86. The van der Waals surface area contributed by atoms with Crippen molar-refractivity contribution in [3.05, 3.63) is 22.8 Å². The molecule has 2 fully saturated rings. The minimum atomic E-state index is -0.510. The van der Waals surface area contributed by atoms with Gasteiger partial charge in [-0.15, -0.1) is 0 Å². The van der Waals surface area contributed by atoms with Crippen LogP contribution in [-0.2, 0) is 9.53 Å². The van der Waals surface area contributed by atoms with Gasteiger partial charge in [-0.05, 0) is 12.8 Å². The van der Waals surface area contributed by atoms with E-state index in [0.29, 0.717) is 32.6 Å². The summed E-state index contributed by atoms with van der Waals surface area (Å²) >= 11 is 0. The molecule has 0 radical (unpaired) electrons. The number of nitrogens with zero attached hydrogens (tertiary/aromatic N) is 3. The average Bonchev–Trinajstić information content (AvgIpc) is 2.62. The van der Waals surface area contributed by atoms with Crippen molar-refractivity contribution in [1.29, 1.82) is 0 Å². The highest BCUT2D eigenvalue weighted by Gasteiger charge is 2.46. The molecular formula is C17H26N4O2. The molecule has 1 unspecified atom stereocenters. The molecule has 0 bridgehead atoms. The zero-order valence-corrected chi connectivity index (χ0v) is 13.7. The summed E-state index contributed by atoms with van der Waals surface area (Å²) in [5.74, 6) is 0.00270. The lowest BCUT2D eigenvalue weighted by Gasteiger charge is -2.46. The van der Waals surface area contributed by atoms with Gasteiger partial charge in [0.25, 0.3) is 6.17 Å². The van der Waals surface area contributed by atoms with Crippen LogP contribution in [0.1, 0.15) is 44.9 Å². The second kappa shape index (κ2) is 8.86. The van der Waals surface area contributed by atoms with E-state index in [0.717, 1.165) is 38.8 Å². The van der Waals surface area contributed by atoms with Crippen molar-refractivity contribution >= 4 is 5.91 Å². The van der Waals surface area contributed by atoms with Crippen molar-refractivity contribution in [2.24, 2.45) is 0 Å². The van der Waals surface area contributed by atoms with Gasteiger partial charge in [-0.25, -0.2) is 13.1 Å². The van der Waals surface area contributed by atoms with Gasteiger partial charge in [0.2, 0.25) is 12.5 Å². The predicted molar refractivity (Wildman–Crippen MR) is 87.4 cm³/mol. The van der Waals surface area contributed by atoms with Gasteiger partial charge in [0.15, 0.2) is 0 Å². The van der Waals surface area contributed by atoms with Crippen molar-refractivity contribution in [3.63, 3.8) is 0 Å². The molecule has 1 aliphatic carbocycles.